The summed E-state index contributed by atoms with van der Waals surface area (Å²) in [6.45, 7) is 17.9. The molecule has 0 aromatic heterocycles. The molecule has 1 rings (SSSR count). The minimum Gasteiger partial charge on any atom is -0.304 e. The monoisotopic (exact) mass is 296 g/mol. The largest absolute Gasteiger partial charge is 0.304 e. The molecule has 0 aromatic carbocycles. The standard InChI is InChI=1S/C18H36N2O/c1-6-19(7-2)12-9-13-20(8-3)15-16-14-18(4,5)11-10-17(16)21/h16H,6-15H2,1-5H3. The van der Waals surface area contributed by atoms with Crippen LogP contribution in [0.5, 0.6) is 0 Å². The lowest BCUT2D eigenvalue weighted by Crippen LogP contribution is -2.40. The smallest absolute Gasteiger partial charge is 0.137 e. The van der Waals surface area contributed by atoms with E-state index in [0.29, 0.717) is 11.2 Å². The number of carbonyl (C=O) groups is 1. The van der Waals surface area contributed by atoms with E-state index in [1.54, 1.807) is 0 Å². The summed E-state index contributed by atoms with van der Waals surface area (Å²) in [6, 6.07) is 0. The van der Waals surface area contributed by atoms with E-state index < -0.39 is 0 Å². The minimum absolute atomic E-state index is 0.266. The Kier molecular flexibility index (Phi) is 7.89. The highest BCUT2D eigenvalue weighted by Crippen LogP contribution is 2.37. The van der Waals surface area contributed by atoms with Crippen LogP contribution in [0.2, 0.25) is 0 Å². The Bertz CT molecular complexity index is 310. The fraction of sp³-hybridized carbons (Fsp3) is 0.944. The number of ketones is 1. The number of nitrogens with zero attached hydrogens (tertiary/aromatic N) is 2. The summed E-state index contributed by atoms with van der Waals surface area (Å²) < 4.78 is 0. The lowest BCUT2D eigenvalue weighted by molar-refractivity contribution is -0.127. The summed E-state index contributed by atoms with van der Waals surface area (Å²) in [7, 11) is 0. The summed E-state index contributed by atoms with van der Waals surface area (Å²) in [5, 5.41) is 0. The van der Waals surface area contributed by atoms with E-state index >= 15 is 0 Å². The second-order valence-corrected chi connectivity index (χ2v) is 7.31. The Morgan fingerprint density at radius 2 is 1.62 bits per heavy atom. The van der Waals surface area contributed by atoms with E-state index in [1.807, 2.05) is 0 Å². The molecule has 0 amide bonds. The third-order valence-corrected chi connectivity index (χ3v) is 5.07. The molecule has 0 aliphatic heterocycles. The van der Waals surface area contributed by atoms with Gasteiger partial charge in [0.15, 0.2) is 0 Å². The van der Waals surface area contributed by atoms with Crippen molar-refractivity contribution in [3.63, 3.8) is 0 Å². The van der Waals surface area contributed by atoms with Crippen LogP contribution in [-0.2, 0) is 4.79 Å². The van der Waals surface area contributed by atoms with Gasteiger partial charge in [-0.2, -0.15) is 0 Å². The zero-order valence-corrected chi connectivity index (χ0v) is 15.0. The number of rotatable bonds is 9. The molecule has 1 aliphatic carbocycles. The molecule has 0 spiro atoms. The number of Topliss-reactive ketones (excluding diaryl/α,β-unsaturated/α-hetero) is 1. The summed E-state index contributed by atoms with van der Waals surface area (Å²) >= 11 is 0. The minimum atomic E-state index is 0.266. The molecule has 1 aliphatic rings. The molecule has 1 atom stereocenters. The maximum Gasteiger partial charge on any atom is 0.137 e. The van der Waals surface area contributed by atoms with Gasteiger partial charge >= 0.3 is 0 Å². The van der Waals surface area contributed by atoms with Crippen LogP contribution in [0.1, 0.15) is 60.3 Å². The molecule has 3 nitrogen and oxygen atoms in total. The van der Waals surface area contributed by atoms with Gasteiger partial charge in [-0.3, -0.25) is 4.79 Å². The molecule has 0 aromatic rings. The van der Waals surface area contributed by atoms with Crippen molar-refractivity contribution in [1.82, 2.24) is 9.80 Å². The zero-order valence-electron chi connectivity index (χ0n) is 15.0. The topological polar surface area (TPSA) is 23.6 Å². The Labute approximate surface area is 132 Å². The van der Waals surface area contributed by atoms with Crippen molar-refractivity contribution in [2.45, 2.75) is 60.3 Å². The average molecular weight is 296 g/mol. The predicted molar refractivity (Wildman–Crippen MR) is 90.6 cm³/mol. The van der Waals surface area contributed by atoms with Crippen molar-refractivity contribution in [2.24, 2.45) is 11.3 Å². The normalized spacial score (nSPS) is 22.2. The fourth-order valence-electron chi connectivity index (χ4n) is 3.46. The predicted octanol–water partition coefficient (Wildman–Crippen LogP) is 3.44. The van der Waals surface area contributed by atoms with Crippen molar-refractivity contribution in [2.75, 3.05) is 39.3 Å². The van der Waals surface area contributed by atoms with E-state index in [4.69, 9.17) is 0 Å². The number of hydrogen-bond acceptors (Lipinski definition) is 3. The van der Waals surface area contributed by atoms with E-state index in [0.717, 1.165) is 52.0 Å². The van der Waals surface area contributed by atoms with Crippen molar-refractivity contribution in [3.05, 3.63) is 0 Å². The Hall–Kier alpha value is -0.410. The van der Waals surface area contributed by atoms with Gasteiger partial charge in [0.05, 0.1) is 0 Å². The molecular formula is C18H36N2O. The molecule has 0 bridgehead atoms. The Morgan fingerprint density at radius 1 is 1.05 bits per heavy atom. The highest BCUT2D eigenvalue weighted by Gasteiger charge is 2.34. The number of hydrogen-bond donors (Lipinski definition) is 0. The lowest BCUT2D eigenvalue weighted by atomic mass is 9.71. The van der Waals surface area contributed by atoms with Crippen molar-refractivity contribution < 1.29 is 4.79 Å². The molecule has 124 valence electrons. The van der Waals surface area contributed by atoms with Gasteiger partial charge in [0, 0.05) is 18.9 Å². The molecule has 21 heavy (non-hydrogen) atoms. The Morgan fingerprint density at radius 3 is 2.19 bits per heavy atom. The third kappa shape index (κ3) is 6.48. The van der Waals surface area contributed by atoms with Crippen LogP contribution in [0.25, 0.3) is 0 Å². The second kappa shape index (κ2) is 8.89. The van der Waals surface area contributed by atoms with Gasteiger partial charge in [0.1, 0.15) is 5.78 Å². The van der Waals surface area contributed by atoms with Crippen LogP contribution >= 0.6 is 0 Å². The van der Waals surface area contributed by atoms with E-state index in [9.17, 15) is 4.79 Å². The first kappa shape index (κ1) is 18.6. The van der Waals surface area contributed by atoms with Gasteiger partial charge in [-0.25, -0.2) is 0 Å². The van der Waals surface area contributed by atoms with Gasteiger partial charge in [0.2, 0.25) is 0 Å². The first-order chi connectivity index (χ1) is 9.91. The van der Waals surface area contributed by atoms with E-state index in [1.165, 1.54) is 13.0 Å². The summed E-state index contributed by atoms with van der Waals surface area (Å²) in [5.41, 5.74) is 0.346. The quantitative estimate of drug-likeness (QED) is 0.651. The molecule has 1 saturated carbocycles. The van der Waals surface area contributed by atoms with Crippen molar-refractivity contribution >= 4 is 5.78 Å². The van der Waals surface area contributed by atoms with Gasteiger partial charge < -0.3 is 9.80 Å². The molecule has 0 radical (unpaired) electrons. The van der Waals surface area contributed by atoms with Crippen LogP contribution in [0.3, 0.4) is 0 Å². The number of carbonyl (C=O) groups excluding carboxylic acids is 1. The van der Waals surface area contributed by atoms with Crippen molar-refractivity contribution in [3.8, 4) is 0 Å². The maximum absolute atomic E-state index is 12.2. The molecule has 1 fully saturated rings. The molecule has 3 heteroatoms. The maximum atomic E-state index is 12.2. The van der Waals surface area contributed by atoms with Gasteiger partial charge in [0.25, 0.3) is 0 Å². The van der Waals surface area contributed by atoms with E-state index in [2.05, 4.69) is 44.4 Å². The van der Waals surface area contributed by atoms with Crippen LogP contribution in [0.4, 0.5) is 0 Å². The average Bonchev–Trinajstić information content (AvgIpc) is 2.46. The molecular weight excluding hydrogens is 260 g/mol. The summed E-state index contributed by atoms with van der Waals surface area (Å²) in [6.07, 6.45) is 4.13. The SMILES string of the molecule is CCN(CC)CCCN(CC)CC1CC(C)(C)CCC1=O. The highest BCUT2D eigenvalue weighted by molar-refractivity contribution is 5.82. The third-order valence-electron chi connectivity index (χ3n) is 5.07. The second-order valence-electron chi connectivity index (χ2n) is 7.31. The van der Waals surface area contributed by atoms with Crippen LogP contribution in [0, 0.1) is 11.3 Å². The van der Waals surface area contributed by atoms with Gasteiger partial charge in [-0.15, -0.1) is 0 Å². The molecule has 1 unspecified atom stereocenters. The van der Waals surface area contributed by atoms with Crippen LogP contribution in [0.15, 0.2) is 0 Å². The van der Waals surface area contributed by atoms with Gasteiger partial charge in [-0.05, 0) is 57.4 Å². The van der Waals surface area contributed by atoms with E-state index in [-0.39, 0.29) is 5.92 Å². The fourth-order valence-corrected chi connectivity index (χ4v) is 3.46. The highest BCUT2D eigenvalue weighted by atomic mass is 16.1. The van der Waals surface area contributed by atoms with Crippen LogP contribution in [-0.4, -0.2) is 54.9 Å². The Balaban J connectivity index is 2.40. The summed E-state index contributed by atoms with van der Waals surface area (Å²) in [4.78, 5) is 17.1. The van der Waals surface area contributed by atoms with Gasteiger partial charge in [-0.1, -0.05) is 34.6 Å². The summed E-state index contributed by atoms with van der Waals surface area (Å²) in [5.74, 6) is 0.763. The molecule has 0 N–H and O–H groups in total. The van der Waals surface area contributed by atoms with Crippen molar-refractivity contribution in [1.29, 1.82) is 0 Å². The first-order valence-corrected chi connectivity index (χ1v) is 8.89. The molecule has 0 heterocycles. The van der Waals surface area contributed by atoms with Crippen LogP contribution < -0.4 is 0 Å². The lowest BCUT2D eigenvalue weighted by Gasteiger charge is -2.36. The molecule has 0 saturated heterocycles. The zero-order chi connectivity index (χ0) is 15.9. The first-order valence-electron chi connectivity index (χ1n) is 8.89.